The summed E-state index contributed by atoms with van der Waals surface area (Å²) in [5.41, 5.74) is -1.23. The van der Waals surface area contributed by atoms with Crippen molar-refractivity contribution in [1.82, 2.24) is 14.6 Å². The smallest absolute Gasteiger partial charge is 0.306 e. The molecule has 6 aliphatic rings. The number of ketones is 1. The van der Waals surface area contributed by atoms with E-state index in [2.05, 4.69) is 16.6 Å². The maximum atomic E-state index is 15.0. The van der Waals surface area contributed by atoms with Crippen LogP contribution in [0.5, 0.6) is 11.6 Å². The number of rotatable bonds is 10. The molecule has 1 aromatic heterocycles. The van der Waals surface area contributed by atoms with Crippen molar-refractivity contribution in [2.24, 2.45) is 40.9 Å². The zero-order valence-corrected chi connectivity index (χ0v) is 33.5. The molecule has 13 heteroatoms. The van der Waals surface area contributed by atoms with Gasteiger partial charge in [0.05, 0.1) is 42.2 Å². The summed E-state index contributed by atoms with van der Waals surface area (Å²) in [6.45, 7) is 6.68. The van der Waals surface area contributed by atoms with Crippen LogP contribution in [0, 0.1) is 40.9 Å². The van der Waals surface area contributed by atoms with Crippen molar-refractivity contribution in [3.8, 4) is 11.6 Å². The van der Waals surface area contributed by atoms with E-state index in [1.807, 2.05) is 50.3 Å². The average Bonchev–Trinajstić information content (AvgIpc) is 4.11. The van der Waals surface area contributed by atoms with Crippen LogP contribution in [0.25, 0.3) is 10.8 Å². The number of aromatic nitrogens is 1. The third-order valence-corrected chi connectivity index (χ3v) is 15.2. The van der Waals surface area contributed by atoms with E-state index in [-0.39, 0.29) is 67.3 Å². The lowest BCUT2D eigenvalue weighted by Crippen LogP contribution is -2.47. The van der Waals surface area contributed by atoms with E-state index in [9.17, 15) is 27.6 Å². The van der Waals surface area contributed by atoms with Gasteiger partial charge in [0.15, 0.2) is 5.78 Å². The highest BCUT2D eigenvalue weighted by Crippen LogP contribution is 2.57. The van der Waals surface area contributed by atoms with Crippen molar-refractivity contribution in [2.45, 2.75) is 121 Å². The molecule has 0 bridgehead atoms. The highest BCUT2D eigenvalue weighted by molar-refractivity contribution is 7.90. The van der Waals surface area contributed by atoms with E-state index in [0.29, 0.717) is 55.8 Å². The number of amides is 2. The van der Waals surface area contributed by atoms with Gasteiger partial charge in [0.25, 0.3) is 0 Å². The lowest BCUT2D eigenvalue weighted by Gasteiger charge is -2.32. The van der Waals surface area contributed by atoms with Crippen LogP contribution < -0.4 is 14.2 Å². The number of fused-ring (bicyclic) bond motifs is 4. The summed E-state index contributed by atoms with van der Waals surface area (Å²) < 4.78 is 46.4. The SMILES string of the molecule is CCOc1ccc2c(O[C@@H]3C[C@H]4C(=O)C[C@]5(C(=O)NS(=O)(=O)C6CC6)C[C@H]5/C=C\CC[C@H](C)C[C@@H](C)[C@H](CC(=O)OC5C[C@@H]6C[C@@H]6C5)C(=O)N4C3)nccc2c1. The average molecular weight is 790 g/mol. The predicted molar refractivity (Wildman–Crippen MR) is 208 cm³/mol. The Morgan fingerprint density at radius 2 is 1.79 bits per heavy atom. The topological polar surface area (TPSA) is 158 Å². The first kappa shape index (κ1) is 38.9. The Balaban J connectivity index is 1.09. The third kappa shape index (κ3) is 8.20. The van der Waals surface area contributed by atoms with Crippen molar-refractivity contribution in [3.05, 3.63) is 42.6 Å². The number of esters is 1. The molecule has 4 saturated carbocycles. The minimum Gasteiger partial charge on any atom is -0.494 e. The number of carbonyl (C=O) groups is 4. The van der Waals surface area contributed by atoms with E-state index in [1.54, 1.807) is 11.1 Å². The van der Waals surface area contributed by atoms with Crippen LogP contribution >= 0.6 is 0 Å². The van der Waals surface area contributed by atoms with E-state index < -0.39 is 44.7 Å². The normalized spacial score (nSPS) is 35.0. The van der Waals surface area contributed by atoms with Crippen LogP contribution in [0.3, 0.4) is 0 Å². The second-order valence-electron chi connectivity index (χ2n) is 17.7. The van der Waals surface area contributed by atoms with Crippen molar-refractivity contribution in [3.63, 3.8) is 0 Å². The fourth-order valence-electron chi connectivity index (χ4n) is 9.79. The van der Waals surface area contributed by atoms with Crippen LogP contribution in [0.2, 0.25) is 0 Å². The molecule has 2 amide bonds. The number of hydrogen-bond acceptors (Lipinski definition) is 10. The minimum absolute atomic E-state index is 0.0815. The number of nitrogens with one attached hydrogen (secondary N) is 1. The largest absolute Gasteiger partial charge is 0.494 e. The molecule has 8 rings (SSSR count). The molecule has 0 spiro atoms. The van der Waals surface area contributed by atoms with Gasteiger partial charge in [-0.3, -0.25) is 23.9 Å². The van der Waals surface area contributed by atoms with Crippen molar-refractivity contribution in [1.29, 1.82) is 0 Å². The summed E-state index contributed by atoms with van der Waals surface area (Å²) in [7, 11) is -3.84. The van der Waals surface area contributed by atoms with Gasteiger partial charge in [0, 0.05) is 24.4 Å². The van der Waals surface area contributed by atoms with E-state index >= 15 is 0 Å². The van der Waals surface area contributed by atoms with Crippen molar-refractivity contribution >= 4 is 44.4 Å². The van der Waals surface area contributed by atoms with Gasteiger partial charge < -0.3 is 19.1 Å². The molecular weight excluding hydrogens is 735 g/mol. The minimum atomic E-state index is -3.84. The highest BCUT2D eigenvalue weighted by Gasteiger charge is 2.62. The molecule has 1 aromatic carbocycles. The van der Waals surface area contributed by atoms with Crippen LogP contribution in [-0.4, -0.2) is 78.5 Å². The van der Waals surface area contributed by atoms with Gasteiger partial charge in [-0.25, -0.2) is 13.4 Å². The molecule has 3 heterocycles. The Bertz CT molecular complexity index is 2010. The molecule has 4 aliphatic carbocycles. The molecule has 1 N–H and O–H groups in total. The van der Waals surface area contributed by atoms with Crippen molar-refractivity contribution < 1.29 is 41.8 Å². The van der Waals surface area contributed by atoms with Crippen LogP contribution in [0.4, 0.5) is 0 Å². The number of sulfonamides is 1. The summed E-state index contributed by atoms with van der Waals surface area (Å²) in [6, 6.07) is 6.56. The molecule has 0 radical (unpaired) electrons. The second-order valence-corrected chi connectivity index (χ2v) is 19.6. The van der Waals surface area contributed by atoms with Gasteiger partial charge >= 0.3 is 5.97 Å². The number of allylic oxidation sites excluding steroid dienone is 2. The zero-order chi connectivity index (χ0) is 39.4. The molecule has 5 fully saturated rings. The number of carbonyl (C=O) groups excluding carboxylic acids is 4. The summed E-state index contributed by atoms with van der Waals surface area (Å²) in [5.74, 6) is -0.272. The first-order valence-electron chi connectivity index (χ1n) is 20.8. The number of benzene rings is 1. The Labute approximate surface area is 329 Å². The summed E-state index contributed by atoms with van der Waals surface area (Å²) in [4.78, 5) is 63.1. The van der Waals surface area contributed by atoms with Crippen LogP contribution in [0.15, 0.2) is 42.6 Å². The molecule has 302 valence electrons. The number of pyridine rings is 1. The monoisotopic (exact) mass is 789 g/mol. The maximum absolute atomic E-state index is 15.0. The standard InChI is InChI=1S/C43H55N3O9S/c1-4-53-31-9-12-35-27(17-31)13-14-44-40(35)55-33-20-37-38(47)23-43(42(50)45-56(51,52)34-10-11-34)22-30(43)8-6-5-7-25(2)15-26(3)36(41(49)46(37)24-33)21-39(48)54-32-18-28-16-29(28)19-32/h6,8-9,12-14,17,25-26,28-30,32-34,36-37H,4-5,7,10-11,15-16,18-24H2,1-3H3,(H,45,50)/b8-6-/t25-,26+,28-,29+,30+,32?,33+,36-,37-,43+/m0/s1. The number of nitrogens with zero attached hydrogens (tertiary/aromatic N) is 2. The summed E-state index contributed by atoms with van der Waals surface area (Å²) in [6.07, 6.45) is 11.4. The van der Waals surface area contributed by atoms with Crippen molar-refractivity contribution in [2.75, 3.05) is 13.2 Å². The van der Waals surface area contributed by atoms with E-state index in [1.165, 1.54) is 6.42 Å². The number of ether oxygens (including phenoxy) is 3. The lowest BCUT2D eigenvalue weighted by molar-refractivity contribution is -0.155. The molecule has 1 unspecified atom stereocenters. The fourth-order valence-corrected chi connectivity index (χ4v) is 11.2. The quantitative estimate of drug-likeness (QED) is 0.227. The molecule has 56 heavy (non-hydrogen) atoms. The van der Waals surface area contributed by atoms with Crippen LogP contribution in [0.1, 0.15) is 97.8 Å². The maximum Gasteiger partial charge on any atom is 0.306 e. The Morgan fingerprint density at radius 3 is 2.54 bits per heavy atom. The third-order valence-electron chi connectivity index (χ3n) is 13.3. The zero-order valence-electron chi connectivity index (χ0n) is 32.7. The number of Topliss-reactive ketones (excluding diaryl/α,β-unsaturated/α-hetero) is 1. The molecule has 10 atom stereocenters. The van der Waals surface area contributed by atoms with E-state index in [4.69, 9.17) is 14.2 Å². The second kappa shape index (κ2) is 15.4. The lowest BCUT2D eigenvalue weighted by atomic mass is 9.82. The molecular formula is C43H55N3O9S. The Kier molecular flexibility index (Phi) is 10.7. The molecule has 1 saturated heterocycles. The summed E-state index contributed by atoms with van der Waals surface area (Å²) >= 11 is 0. The van der Waals surface area contributed by atoms with E-state index in [0.717, 1.165) is 36.5 Å². The van der Waals surface area contributed by atoms with Gasteiger partial charge in [0.2, 0.25) is 27.7 Å². The Hall–Kier alpha value is -4.00. The van der Waals surface area contributed by atoms with Gasteiger partial charge in [-0.05, 0) is 124 Å². The van der Waals surface area contributed by atoms with Crippen LogP contribution in [-0.2, 0) is 33.9 Å². The molecule has 2 aliphatic heterocycles. The fraction of sp³-hybridized carbons (Fsp3) is 0.651. The summed E-state index contributed by atoms with van der Waals surface area (Å²) in [5, 5.41) is 1.03. The van der Waals surface area contributed by atoms with Gasteiger partial charge in [-0.2, -0.15) is 0 Å². The van der Waals surface area contributed by atoms with Gasteiger partial charge in [0.1, 0.15) is 18.0 Å². The predicted octanol–water partition coefficient (Wildman–Crippen LogP) is 5.92. The first-order valence-corrected chi connectivity index (χ1v) is 22.3. The molecule has 12 nitrogen and oxygen atoms in total. The number of hydrogen-bond donors (Lipinski definition) is 1. The highest BCUT2D eigenvalue weighted by atomic mass is 32.2. The molecule has 2 aromatic rings. The first-order chi connectivity index (χ1) is 26.8. The van der Waals surface area contributed by atoms with Gasteiger partial charge in [-0.15, -0.1) is 0 Å². The van der Waals surface area contributed by atoms with Gasteiger partial charge in [-0.1, -0.05) is 26.0 Å². The Morgan fingerprint density at radius 1 is 1.00 bits per heavy atom.